The van der Waals surface area contributed by atoms with Crippen molar-refractivity contribution in [2.24, 2.45) is 0 Å². The quantitative estimate of drug-likeness (QED) is 0.213. The van der Waals surface area contributed by atoms with E-state index in [2.05, 4.69) is 6.07 Å². The van der Waals surface area contributed by atoms with Crippen LogP contribution >= 0.6 is 0 Å². The van der Waals surface area contributed by atoms with Crippen molar-refractivity contribution in [1.29, 1.82) is 0 Å². The molecule has 0 bridgehead atoms. The minimum Gasteiger partial charge on any atom is -0.455 e. The Hall–Kier alpha value is -5.60. The van der Waals surface area contributed by atoms with Crippen molar-refractivity contribution in [2.45, 2.75) is 0 Å². The zero-order valence-electron chi connectivity index (χ0n) is 31.2. The van der Waals surface area contributed by atoms with E-state index in [9.17, 15) is 0 Å². The van der Waals surface area contributed by atoms with E-state index in [-0.39, 0.29) is 34.7 Å². The average molecular weight is 547 g/mol. The summed E-state index contributed by atoms with van der Waals surface area (Å²) in [7, 11) is 0. The Bertz CT molecular complexity index is 2630. The maximum absolute atomic E-state index is 9.13. The molecule has 0 N–H and O–H groups in total. The molecule has 0 aliphatic carbocycles. The highest BCUT2D eigenvalue weighted by molar-refractivity contribution is 6.19. The Balaban J connectivity index is 1.35. The van der Waals surface area contributed by atoms with Crippen LogP contribution in [0.2, 0.25) is 0 Å². The van der Waals surface area contributed by atoms with E-state index in [0.717, 1.165) is 38.3 Å². The summed E-state index contributed by atoms with van der Waals surface area (Å²) in [6.07, 6.45) is 0. The fourth-order valence-electron chi connectivity index (χ4n) is 5.48. The van der Waals surface area contributed by atoms with Crippen molar-refractivity contribution >= 4 is 49.8 Å². The average Bonchev–Trinajstić information content (AvgIpc) is 3.55. The lowest BCUT2D eigenvalue weighted by molar-refractivity contribution is 0.673. The Morgan fingerprint density at radius 1 is 0.476 bits per heavy atom. The lowest BCUT2D eigenvalue weighted by Crippen LogP contribution is -2.09. The van der Waals surface area contributed by atoms with Gasteiger partial charge in [-0.3, -0.25) is 0 Å². The van der Waals surface area contributed by atoms with Crippen molar-refractivity contribution in [1.82, 2.24) is 0 Å². The summed E-state index contributed by atoms with van der Waals surface area (Å²) >= 11 is 0. The van der Waals surface area contributed by atoms with Gasteiger partial charge in [-0.15, -0.1) is 0 Å². The molecule has 0 saturated carbocycles. The molecule has 7 aromatic carbocycles. The fourth-order valence-corrected chi connectivity index (χ4v) is 5.48. The summed E-state index contributed by atoms with van der Waals surface area (Å²) in [6, 6.07) is 29.3. The van der Waals surface area contributed by atoms with Crippen molar-refractivity contribution in [3.05, 3.63) is 164 Å². The number of nitrogens with zero attached hydrogens (tertiary/aromatic N) is 1. The van der Waals surface area contributed by atoms with E-state index in [1.165, 1.54) is 4.90 Å². The van der Waals surface area contributed by atoms with Gasteiger partial charge in [0.05, 0.1) is 12.3 Å². The molecule has 0 aliphatic rings. The number of fused-ring (bicyclic) bond motifs is 5. The van der Waals surface area contributed by atoms with Crippen LogP contribution in [0.25, 0.3) is 55.0 Å². The van der Waals surface area contributed by atoms with Gasteiger partial charge >= 0.3 is 0 Å². The maximum atomic E-state index is 9.13. The van der Waals surface area contributed by atoms with Gasteiger partial charge in [0.15, 0.2) is 0 Å². The van der Waals surface area contributed by atoms with E-state index in [0.29, 0.717) is 11.1 Å². The van der Waals surface area contributed by atoms with Crippen molar-refractivity contribution in [3.8, 4) is 22.3 Å². The molecule has 0 amide bonds. The molecule has 2 heteroatoms. The number of furan rings is 1. The maximum Gasteiger partial charge on any atom is 0.143 e. The number of rotatable bonds is 5. The molecule has 8 rings (SSSR count). The second-order valence-electron chi connectivity index (χ2n) is 9.89. The smallest absolute Gasteiger partial charge is 0.143 e. The van der Waals surface area contributed by atoms with E-state index in [4.69, 9.17) is 16.8 Å². The van der Waals surface area contributed by atoms with E-state index < -0.39 is 42.3 Å². The Labute approximate surface area is 257 Å². The van der Waals surface area contributed by atoms with Gasteiger partial charge in [-0.25, -0.2) is 0 Å². The van der Waals surface area contributed by atoms with Crippen molar-refractivity contribution in [2.75, 3.05) is 4.90 Å². The zero-order chi connectivity index (χ0) is 35.7. The van der Waals surface area contributed by atoms with Gasteiger partial charge in [-0.1, -0.05) is 115 Å². The lowest BCUT2D eigenvalue weighted by Gasteiger charge is -2.26. The van der Waals surface area contributed by atoms with Crippen LogP contribution in [0.4, 0.5) is 17.1 Å². The lowest BCUT2D eigenvalue weighted by atomic mass is 9.98. The third-order valence-corrected chi connectivity index (χ3v) is 7.43. The van der Waals surface area contributed by atoms with E-state index >= 15 is 0 Å². The standard InChI is InChI=1S/C40H27NO/c1-3-10-28(11-4-1)29-18-23-33(24-19-29)41(32-13-5-2-6-14-32)34-25-20-31(21-26-34)35-16-9-17-38-39(35)37-27-22-30-12-7-8-15-36(30)40(37)42-38/h1-27H/i2D,5D,6D,13D,14D,18D,19D,23D,24D. The molecule has 0 aliphatic heterocycles. The summed E-state index contributed by atoms with van der Waals surface area (Å²) in [5, 5.41) is 3.93. The van der Waals surface area contributed by atoms with Crippen LogP contribution in [-0.4, -0.2) is 0 Å². The predicted molar refractivity (Wildman–Crippen MR) is 177 cm³/mol. The van der Waals surface area contributed by atoms with Crippen molar-refractivity contribution in [3.63, 3.8) is 0 Å². The first-order chi connectivity index (χ1) is 24.6. The molecule has 0 spiro atoms. The largest absolute Gasteiger partial charge is 0.455 e. The Morgan fingerprint density at radius 3 is 2.02 bits per heavy atom. The summed E-state index contributed by atoms with van der Waals surface area (Å²) in [6.45, 7) is 0. The molecule has 0 atom stereocenters. The highest BCUT2D eigenvalue weighted by atomic mass is 16.3. The first kappa shape index (κ1) is 16.6. The number of para-hydroxylation sites is 1. The number of anilines is 3. The SMILES string of the molecule is [2H]c1c([2H])c([2H])c(N(c2ccc(-c3cccc4oc5c6ccccc6ccc5c34)cc2)c2c([2H])c([2H])c(-c3ccccc3)c([2H])c2[2H])c([2H])c1[2H]. The molecule has 0 unspecified atom stereocenters. The van der Waals surface area contributed by atoms with Crippen LogP contribution in [-0.2, 0) is 0 Å². The van der Waals surface area contributed by atoms with Gasteiger partial charge in [0.2, 0.25) is 0 Å². The molecular weight excluding hydrogens is 510 g/mol. The molecule has 2 nitrogen and oxygen atoms in total. The summed E-state index contributed by atoms with van der Waals surface area (Å²) in [4.78, 5) is 1.24. The molecule has 0 fully saturated rings. The predicted octanol–water partition coefficient (Wildman–Crippen LogP) is 11.5. The normalized spacial score (nSPS) is 14.3. The van der Waals surface area contributed by atoms with Crippen LogP contribution in [0.3, 0.4) is 0 Å². The summed E-state index contributed by atoms with van der Waals surface area (Å²) in [5.74, 6) is 0. The number of benzene rings is 7. The molecule has 8 aromatic rings. The van der Waals surface area contributed by atoms with Gasteiger partial charge in [0.1, 0.15) is 11.2 Å². The molecule has 0 radical (unpaired) electrons. The van der Waals surface area contributed by atoms with Crippen LogP contribution in [0.1, 0.15) is 12.3 Å². The molecule has 198 valence electrons. The Morgan fingerprint density at radius 2 is 1.21 bits per heavy atom. The van der Waals surface area contributed by atoms with Crippen LogP contribution in [0.15, 0.2) is 168 Å². The van der Waals surface area contributed by atoms with Gasteiger partial charge in [0, 0.05) is 33.2 Å². The minimum atomic E-state index is -0.588. The van der Waals surface area contributed by atoms with Gasteiger partial charge in [0.25, 0.3) is 0 Å². The fraction of sp³-hybridized carbons (Fsp3) is 0. The molecule has 1 heterocycles. The van der Waals surface area contributed by atoms with Gasteiger partial charge < -0.3 is 9.32 Å². The van der Waals surface area contributed by atoms with Gasteiger partial charge in [-0.2, -0.15) is 0 Å². The second-order valence-corrected chi connectivity index (χ2v) is 9.89. The number of hydrogen-bond acceptors (Lipinski definition) is 2. The molecule has 42 heavy (non-hydrogen) atoms. The second kappa shape index (κ2) is 10.1. The highest BCUT2D eigenvalue weighted by Gasteiger charge is 2.16. The monoisotopic (exact) mass is 546 g/mol. The van der Waals surface area contributed by atoms with E-state index in [1.54, 1.807) is 42.5 Å². The topological polar surface area (TPSA) is 16.4 Å². The van der Waals surface area contributed by atoms with E-state index in [1.807, 2.05) is 60.7 Å². The third kappa shape index (κ3) is 4.13. The minimum absolute atomic E-state index is 0.0962. The first-order valence-electron chi connectivity index (χ1n) is 18.0. The van der Waals surface area contributed by atoms with Crippen LogP contribution in [0.5, 0.6) is 0 Å². The number of hydrogen-bond donors (Lipinski definition) is 0. The summed E-state index contributed by atoms with van der Waals surface area (Å²) in [5.41, 5.74) is 3.52. The van der Waals surface area contributed by atoms with Crippen LogP contribution in [0, 0.1) is 0 Å². The first-order valence-corrected chi connectivity index (χ1v) is 13.5. The molecule has 0 saturated heterocycles. The highest BCUT2D eigenvalue weighted by Crippen LogP contribution is 2.41. The van der Waals surface area contributed by atoms with Gasteiger partial charge in [-0.05, 0) is 76.1 Å². The third-order valence-electron chi connectivity index (χ3n) is 7.43. The van der Waals surface area contributed by atoms with Crippen LogP contribution < -0.4 is 4.90 Å². The molecule has 1 aromatic heterocycles. The zero-order valence-corrected chi connectivity index (χ0v) is 22.2. The van der Waals surface area contributed by atoms with Crippen molar-refractivity contribution < 1.29 is 16.8 Å². The molecular formula is C40H27NO. The Kier molecular flexibility index (Phi) is 4.00. The summed E-state index contributed by atoms with van der Waals surface area (Å²) < 4.78 is 85.2.